The summed E-state index contributed by atoms with van der Waals surface area (Å²) in [6.07, 6.45) is 0. The van der Waals surface area contributed by atoms with E-state index in [2.05, 4.69) is 0 Å². The van der Waals surface area contributed by atoms with Crippen molar-refractivity contribution in [3.05, 3.63) is 52.0 Å². The fraction of sp³-hybridized carbons (Fsp3) is 0.267. The standard InChI is InChI=1S/C15H17FN2OS/c1-10(2)18(9-12-4-3-7-20-12)15(19)13-8-11(17)5-6-14(13)16/h3-8,10H,9,17H2,1-2H3. The minimum Gasteiger partial charge on any atom is -0.399 e. The number of amides is 1. The maximum atomic E-state index is 13.8. The highest BCUT2D eigenvalue weighted by Gasteiger charge is 2.22. The second kappa shape index (κ2) is 6.05. The van der Waals surface area contributed by atoms with E-state index in [0.717, 1.165) is 4.88 Å². The van der Waals surface area contributed by atoms with Gasteiger partial charge in [0.05, 0.1) is 12.1 Å². The number of thiophene rings is 1. The number of hydrogen-bond acceptors (Lipinski definition) is 3. The number of nitrogen functional groups attached to an aromatic ring is 1. The summed E-state index contributed by atoms with van der Waals surface area (Å²) >= 11 is 1.58. The predicted octanol–water partition coefficient (Wildman–Crippen LogP) is 3.52. The Morgan fingerprint density at radius 3 is 2.75 bits per heavy atom. The molecule has 1 aromatic carbocycles. The molecule has 2 aromatic rings. The van der Waals surface area contributed by atoms with Gasteiger partial charge in [0, 0.05) is 16.6 Å². The zero-order valence-electron chi connectivity index (χ0n) is 11.5. The first-order valence-corrected chi connectivity index (χ1v) is 7.25. The van der Waals surface area contributed by atoms with E-state index >= 15 is 0 Å². The van der Waals surface area contributed by atoms with Gasteiger partial charge in [-0.1, -0.05) is 6.07 Å². The molecule has 3 nitrogen and oxygen atoms in total. The van der Waals surface area contributed by atoms with Gasteiger partial charge in [-0.3, -0.25) is 4.79 Å². The van der Waals surface area contributed by atoms with E-state index in [0.29, 0.717) is 12.2 Å². The Labute approximate surface area is 121 Å². The smallest absolute Gasteiger partial charge is 0.257 e. The van der Waals surface area contributed by atoms with E-state index in [1.807, 2.05) is 31.4 Å². The summed E-state index contributed by atoms with van der Waals surface area (Å²) in [7, 11) is 0. The van der Waals surface area contributed by atoms with Crippen molar-refractivity contribution in [2.24, 2.45) is 0 Å². The van der Waals surface area contributed by atoms with Crippen LogP contribution in [0.3, 0.4) is 0 Å². The lowest BCUT2D eigenvalue weighted by molar-refractivity contribution is 0.0687. The Morgan fingerprint density at radius 2 is 2.15 bits per heavy atom. The van der Waals surface area contributed by atoms with Crippen LogP contribution in [-0.2, 0) is 6.54 Å². The number of carbonyl (C=O) groups is 1. The lowest BCUT2D eigenvalue weighted by Crippen LogP contribution is -2.36. The summed E-state index contributed by atoms with van der Waals surface area (Å²) in [6, 6.07) is 7.94. The van der Waals surface area contributed by atoms with Crippen molar-refractivity contribution in [1.29, 1.82) is 0 Å². The van der Waals surface area contributed by atoms with Gasteiger partial charge in [0.1, 0.15) is 5.82 Å². The highest BCUT2D eigenvalue weighted by Crippen LogP contribution is 2.19. The first kappa shape index (κ1) is 14.5. The van der Waals surface area contributed by atoms with Crippen molar-refractivity contribution in [2.75, 3.05) is 5.73 Å². The lowest BCUT2D eigenvalue weighted by Gasteiger charge is -2.26. The molecule has 0 spiro atoms. The second-order valence-corrected chi connectivity index (χ2v) is 5.88. The van der Waals surface area contributed by atoms with Gasteiger partial charge in [-0.2, -0.15) is 0 Å². The first-order chi connectivity index (χ1) is 9.49. The van der Waals surface area contributed by atoms with E-state index < -0.39 is 5.82 Å². The van der Waals surface area contributed by atoms with Gasteiger partial charge < -0.3 is 10.6 Å². The van der Waals surface area contributed by atoms with Crippen molar-refractivity contribution in [3.8, 4) is 0 Å². The third kappa shape index (κ3) is 3.17. The summed E-state index contributed by atoms with van der Waals surface area (Å²) in [5.41, 5.74) is 6.05. The SMILES string of the molecule is CC(C)N(Cc1cccs1)C(=O)c1cc(N)ccc1F. The molecule has 0 unspecified atom stereocenters. The largest absolute Gasteiger partial charge is 0.399 e. The van der Waals surface area contributed by atoms with Crippen LogP contribution in [0.1, 0.15) is 29.1 Å². The maximum absolute atomic E-state index is 13.8. The number of nitrogens with two attached hydrogens (primary N) is 1. The summed E-state index contributed by atoms with van der Waals surface area (Å²) in [5, 5.41) is 1.96. The number of hydrogen-bond donors (Lipinski definition) is 1. The molecule has 20 heavy (non-hydrogen) atoms. The van der Waals surface area contributed by atoms with E-state index in [1.54, 1.807) is 16.2 Å². The van der Waals surface area contributed by atoms with Crippen LogP contribution < -0.4 is 5.73 Å². The minimum atomic E-state index is -0.541. The topological polar surface area (TPSA) is 46.3 Å². The lowest BCUT2D eigenvalue weighted by atomic mass is 10.1. The predicted molar refractivity (Wildman–Crippen MR) is 80.1 cm³/mol. The average molecular weight is 292 g/mol. The van der Waals surface area contributed by atoms with Gasteiger partial charge in [-0.15, -0.1) is 11.3 Å². The zero-order valence-corrected chi connectivity index (χ0v) is 12.3. The highest BCUT2D eigenvalue weighted by atomic mass is 32.1. The number of anilines is 1. The second-order valence-electron chi connectivity index (χ2n) is 4.85. The molecule has 0 bridgehead atoms. The van der Waals surface area contributed by atoms with Gasteiger partial charge in [0.25, 0.3) is 5.91 Å². The fourth-order valence-electron chi connectivity index (χ4n) is 1.92. The molecule has 1 aromatic heterocycles. The molecule has 2 N–H and O–H groups in total. The zero-order chi connectivity index (χ0) is 14.7. The fourth-order valence-corrected chi connectivity index (χ4v) is 2.62. The first-order valence-electron chi connectivity index (χ1n) is 6.37. The van der Waals surface area contributed by atoms with Gasteiger partial charge in [-0.25, -0.2) is 4.39 Å². The van der Waals surface area contributed by atoms with Crippen molar-refractivity contribution in [1.82, 2.24) is 4.90 Å². The van der Waals surface area contributed by atoms with Crippen LogP contribution in [0.5, 0.6) is 0 Å². The van der Waals surface area contributed by atoms with Crippen molar-refractivity contribution < 1.29 is 9.18 Å². The molecule has 106 valence electrons. The van der Waals surface area contributed by atoms with Crippen LogP contribution >= 0.6 is 11.3 Å². The highest BCUT2D eigenvalue weighted by molar-refractivity contribution is 7.09. The molecular formula is C15H17FN2OS. The number of benzene rings is 1. The molecule has 0 saturated carbocycles. The Balaban J connectivity index is 2.29. The third-order valence-electron chi connectivity index (χ3n) is 3.01. The average Bonchev–Trinajstić information content (AvgIpc) is 2.90. The maximum Gasteiger partial charge on any atom is 0.257 e. The summed E-state index contributed by atoms with van der Waals surface area (Å²) < 4.78 is 13.8. The Kier molecular flexibility index (Phi) is 4.39. The Bertz CT molecular complexity index is 596. The monoisotopic (exact) mass is 292 g/mol. The number of halogens is 1. The van der Waals surface area contributed by atoms with E-state index in [9.17, 15) is 9.18 Å². The van der Waals surface area contributed by atoms with Crippen molar-refractivity contribution >= 4 is 22.9 Å². The van der Waals surface area contributed by atoms with Crippen LogP contribution in [0.4, 0.5) is 10.1 Å². The molecular weight excluding hydrogens is 275 g/mol. The molecule has 2 rings (SSSR count). The van der Waals surface area contributed by atoms with Gasteiger partial charge >= 0.3 is 0 Å². The van der Waals surface area contributed by atoms with Gasteiger partial charge in [-0.05, 0) is 43.5 Å². The normalized spacial score (nSPS) is 10.8. The summed E-state index contributed by atoms with van der Waals surface area (Å²) in [5.74, 6) is -0.876. The summed E-state index contributed by atoms with van der Waals surface area (Å²) in [4.78, 5) is 15.2. The van der Waals surface area contributed by atoms with E-state index in [4.69, 9.17) is 5.73 Å². The van der Waals surface area contributed by atoms with Crippen LogP contribution in [-0.4, -0.2) is 16.8 Å². The number of carbonyl (C=O) groups excluding carboxylic acids is 1. The van der Waals surface area contributed by atoms with E-state index in [1.165, 1.54) is 18.2 Å². The van der Waals surface area contributed by atoms with Crippen LogP contribution in [0, 0.1) is 5.82 Å². The molecule has 5 heteroatoms. The van der Waals surface area contributed by atoms with Crippen molar-refractivity contribution in [2.45, 2.75) is 26.4 Å². The van der Waals surface area contributed by atoms with E-state index in [-0.39, 0.29) is 17.5 Å². The van der Waals surface area contributed by atoms with Crippen LogP contribution in [0.25, 0.3) is 0 Å². The molecule has 0 fully saturated rings. The van der Waals surface area contributed by atoms with Gasteiger partial charge in [0.2, 0.25) is 0 Å². The van der Waals surface area contributed by atoms with Crippen LogP contribution in [0.2, 0.25) is 0 Å². The van der Waals surface area contributed by atoms with Gasteiger partial charge in [0.15, 0.2) is 0 Å². The molecule has 0 atom stereocenters. The minimum absolute atomic E-state index is 0.0227. The van der Waals surface area contributed by atoms with Crippen molar-refractivity contribution in [3.63, 3.8) is 0 Å². The number of rotatable bonds is 4. The molecule has 0 aliphatic rings. The Hall–Kier alpha value is -1.88. The molecule has 0 saturated heterocycles. The quantitative estimate of drug-likeness (QED) is 0.876. The molecule has 0 aliphatic carbocycles. The van der Waals surface area contributed by atoms with Crippen LogP contribution in [0.15, 0.2) is 35.7 Å². The Morgan fingerprint density at radius 1 is 1.40 bits per heavy atom. The molecule has 1 amide bonds. The summed E-state index contributed by atoms with van der Waals surface area (Å²) in [6.45, 7) is 4.30. The molecule has 0 aliphatic heterocycles. The molecule has 0 radical (unpaired) electrons. The number of nitrogens with zero attached hydrogens (tertiary/aromatic N) is 1. The third-order valence-corrected chi connectivity index (χ3v) is 3.87. The molecule has 1 heterocycles.